The summed E-state index contributed by atoms with van der Waals surface area (Å²) < 4.78 is 5.22. The summed E-state index contributed by atoms with van der Waals surface area (Å²) >= 11 is 5.92. The SMILES string of the molecule is CNc1nc(Nc2ccc(C(N)=O)cc2OC)ncc1Cl. The molecule has 7 nitrogen and oxygen atoms in total. The van der Waals surface area contributed by atoms with Gasteiger partial charge in [0.25, 0.3) is 0 Å². The molecule has 0 unspecified atom stereocenters. The first kappa shape index (κ1) is 14.9. The molecule has 0 saturated carbocycles. The van der Waals surface area contributed by atoms with Gasteiger partial charge in [-0.25, -0.2) is 4.98 Å². The molecule has 1 amide bonds. The Labute approximate surface area is 126 Å². The lowest BCUT2D eigenvalue weighted by molar-refractivity contribution is 0.1000. The van der Waals surface area contributed by atoms with E-state index in [-0.39, 0.29) is 0 Å². The van der Waals surface area contributed by atoms with E-state index in [1.807, 2.05) is 0 Å². The molecule has 110 valence electrons. The van der Waals surface area contributed by atoms with Crippen LogP contribution in [0.5, 0.6) is 5.75 Å². The Kier molecular flexibility index (Phi) is 4.44. The van der Waals surface area contributed by atoms with Crippen LogP contribution in [-0.2, 0) is 0 Å². The van der Waals surface area contributed by atoms with Gasteiger partial charge in [0.05, 0.1) is 19.0 Å². The molecule has 1 aromatic carbocycles. The lowest BCUT2D eigenvalue weighted by Crippen LogP contribution is -2.11. The topological polar surface area (TPSA) is 102 Å². The second-order valence-electron chi connectivity index (χ2n) is 4.04. The summed E-state index contributed by atoms with van der Waals surface area (Å²) in [7, 11) is 3.20. The fourth-order valence-electron chi connectivity index (χ4n) is 1.67. The third-order valence-electron chi connectivity index (χ3n) is 2.71. The Hall–Kier alpha value is -2.54. The van der Waals surface area contributed by atoms with Crippen LogP contribution < -0.4 is 21.1 Å². The van der Waals surface area contributed by atoms with Crippen LogP contribution in [0, 0.1) is 0 Å². The molecule has 0 bridgehead atoms. The van der Waals surface area contributed by atoms with Crippen LogP contribution in [0.25, 0.3) is 0 Å². The third kappa shape index (κ3) is 3.32. The highest BCUT2D eigenvalue weighted by Crippen LogP contribution is 2.28. The predicted molar refractivity (Wildman–Crippen MR) is 81.4 cm³/mol. The monoisotopic (exact) mass is 307 g/mol. The molecule has 1 aromatic heterocycles. The van der Waals surface area contributed by atoms with Crippen LogP contribution in [0.15, 0.2) is 24.4 Å². The zero-order chi connectivity index (χ0) is 15.4. The van der Waals surface area contributed by atoms with Gasteiger partial charge in [0, 0.05) is 12.6 Å². The molecule has 8 heteroatoms. The number of primary amides is 1. The zero-order valence-electron chi connectivity index (χ0n) is 11.5. The molecule has 4 N–H and O–H groups in total. The standard InChI is InChI=1S/C13H14ClN5O2/c1-16-12-8(14)6-17-13(19-12)18-9-4-3-7(11(15)20)5-10(9)21-2/h3-6H,1-2H3,(H2,15,20)(H2,16,17,18,19). The molecule has 2 rings (SSSR count). The number of methoxy groups -OCH3 is 1. The zero-order valence-corrected chi connectivity index (χ0v) is 12.2. The Bertz CT molecular complexity index is 678. The summed E-state index contributed by atoms with van der Waals surface area (Å²) in [6.07, 6.45) is 1.48. The quantitative estimate of drug-likeness (QED) is 0.781. The van der Waals surface area contributed by atoms with Gasteiger partial charge in [0.2, 0.25) is 11.9 Å². The number of carbonyl (C=O) groups is 1. The summed E-state index contributed by atoms with van der Waals surface area (Å²) in [6.45, 7) is 0. The Morgan fingerprint density at radius 2 is 2.19 bits per heavy atom. The first-order valence-corrected chi connectivity index (χ1v) is 6.38. The maximum Gasteiger partial charge on any atom is 0.248 e. The van der Waals surface area contributed by atoms with Crippen molar-refractivity contribution in [2.24, 2.45) is 5.73 Å². The van der Waals surface area contributed by atoms with Crippen LogP contribution in [0.2, 0.25) is 5.02 Å². The first-order chi connectivity index (χ1) is 10.0. The molecular weight excluding hydrogens is 294 g/mol. The van der Waals surface area contributed by atoms with Crippen molar-refractivity contribution < 1.29 is 9.53 Å². The van der Waals surface area contributed by atoms with E-state index in [4.69, 9.17) is 22.1 Å². The highest BCUT2D eigenvalue weighted by molar-refractivity contribution is 6.32. The van der Waals surface area contributed by atoms with Gasteiger partial charge in [-0.1, -0.05) is 11.6 Å². The number of nitrogens with zero attached hydrogens (tertiary/aromatic N) is 2. The van der Waals surface area contributed by atoms with Crippen LogP contribution in [0.3, 0.4) is 0 Å². The van der Waals surface area contributed by atoms with Crippen molar-refractivity contribution in [1.82, 2.24) is 9.97 Å². The Morgan fingerprint density at radius 1 is 1.43 bits per heavy atom. The summed E-state index contributed by atoms with van der Waals surface area (Å²) in [4.78, 5) is 19.4. The van der Waals surface area contributed by atoms with Gasteiger partial charge in [-0.05, 0) is 18.2 Å². The summed E-state index contributed by atoms with van der Waals surface area (Å²) in [6, 6.07) is 4.79. The highest BCUT2D eigenvalue weighted by atomic mass is 35.5. The maximum absolute atomic E-state index is 11.2. The lowest BCUT2D eigenvalue weighted by atomic mass is 10.2. The fourth-order valence-corrected chi connectivity index (χ4v) is 1.86. The third-order valence-corrected chi connectivity index (χ3v) is 2.99. The minimum absolute atomic E-state index is 0.342. The van der Waals surface area contributed by atoms with Crippen LogP contribution in [0.4, 0.5) is 17.5 Å². The van der Waals surface area contributed by atoms with Crippen molar-refractivity contribution in [2.75, 3.05) is 24.8 Å². The van der Waals surface area contributed by atoms with Crippen molar-refractivity contribution in [3.63, 3.8) is 0 Å². The van der Waals surface area contributed by atoms with Gasteiger partial charge in [0.1, 0.15) is 16.6 Å². The van der Waals surface area contributed by atoms with Crippen LogP contribution >= 0.6 is 11.6 Å². The minimum Gasteiger partial charge on any atom is -0.495 e. The summed E-state index contributed by atoms with van der Waals surface area (Å²) in [5.74, 6) is 0.770. The van der Waals surface area contributed by atoms with E-state index in [2.05, 4.69) is 20.6 Å². The lowest BCUT2D eigenvalue weighted by Gasteiger charge is -2.12. The van der Waals surface area contributed by atoms with Crippen molar-refractivity contribution in [2.45, 2.75) is 0 Å². The van der Waals surface area contributed by atoms with Gasteiger partial charge >= 0.3 is 0 Å². The number of benzene rings is 1. The van der Waals surface area contributed by atoms with Crippen molar-refractivity contribution in [3.05, 3.63) is 35.0 Å². The minimum atomic E-state index is -0.528. The number of aromatic nitrogens is 2. The second-order valence-corrected chi connectivity index (χ2v) is 4.45. The average Bonchev–Trinajstić information content (AvgIpc) is 2.49. The molecule has 21 heavy (non-hydrogen) atoms. The fraction of sp³-hybridized carbons (Fsp3) is 0.154. The van der Waals surface area contributed by atoms with Crippen molar-refractivity contribution in [3.8, 4) is 5.75 Å². The predicted octanol–water partition coefficient (Wildman–Crippen LogP) is 2.02. The molecule has 0 aliphatic carbocycles. The van der Waals surface area contributed by atoms with Gasteiger partial charge in [-0.2, -0.15) is 4.98 Å². The van der Waals surface area contributed by atoms with Gasteiger partial charge in [-0.3, -0.25) is 4.79 Å². The molecule has 0 saturated heterocycles. The highest BCUT2D eigenvalue weighted by Gasteiger charge is 2.10. The number of anilines is 3. The normalized spacial score (nSPS) is 10.0. The largest absolute Gasteiger partial charge is 0.495 e. The molecule has 0 spiro atoms. The maximum atomic E-state index is 11.2. The van der Waals surface area contributed by atoms with Gasteiger partial charge in [0.15, 0.2) is 0 Å². The average molecular weight is 308 g/mol. The van der Waals surface area contributed by atoms with E-state index in [1.165, 1.54) is 13.3 Å². The number of hydrogen-bond acceptors (Lipinski definition) is 6. The number of carbonyl (C=O) groups excluding carboxylic acids is 1. The van der Waals surface area contributed by atoms with E-state index in [9.17, 15) is 4.79 Å². The number of nitrogens with one attached hydrogen (secondary N) is 2. The van der Waals surface area contributed by atoms with E-state index in [0.29, 0.717) is 33.8 Å². The van der Waals surface area contributed by atoms with Gasteiger partial charge in [-0.15, -0.1) is 0 Å². The number of rotatable bonds is 5. The van der Waals surface area contributed by atoms with E-state index < -0.39 is 5.91 Å². The Morgan fingerprint density at radius 3 is 2.81 bits per heavy atom. The number of hydrogen-bond donors (Lipinski definition) is 3. The van der Waals surface area contributed by atoms with Crippen LogP contribution in [-0.4, -0.2) is 30.0 Å². The molecule has 0 fully saturated rings. The van der Waals surface area contributed by atoms with E-state index in [1.54, 1.807) is 25.2 Å². The summed E-state index contributed by atoms with van der Waals surface area (Å²) in [5, 5.41) is 6.27. The molecule has 0 radical (unpaired) electrons. The number of ether oxygens (including phenoxy) is 1. The van der Waals surface area contributed by atoms with E-state index in [0.717, 1.165) is 0 Å². The molecule has 2 aromatic rings. The second kappa shape index (κ2) is 6.27. The Balaban J connectivity index is 2.33. The van der Waals surface area contributed by atoms with E-state index >= 15 is 0 Å². The first-order valence-electron chi connectivity index (χ1n) is 6.00. The summed E-state index contributed by atoms with van der Waals surface area (Å²) in [5.41, 5.74) is 6.19. The molecule has 0 aliphatic rings. The molecule has 1 heterocycles. The number of nitrogens with two attached hydrogens (primary N) is 1. The smallest absolute Gasteiger partial charge is 0.248 e. The molecular formula is C13H14ClN5O2. The molecule has 0 atom stereocenters. The van der Waals surface area contributed by atoms with Crippen LogP contribution in [0.1, 0.15) is 10.4 Å². The number of halogens is 1. The number of amides is 1. The molecule has 0 aliphatic heterocycles. The van der Waals surface area contributed by atoms with Crippen molar-refractivity contribution >= 4 is 35.0 Å². The van der Waals surface area contributed by atoms with Crippen molar-refractivity contribution in [1.29, 1.82) is 0 Å². The van der Waals surface area contributed by atoms with Gasteiger partial charge < -0.3 is 21.1 Å².